The first-order chi connectivity index (χ1) is 7.78. The number of H-pyrrole nitrogens is 1. The molecule has 0 spiro atoms. The Labute approximate surface area is 98.7 Å². The molecule has 3 rings (SSSR count). The Morgan fingerprint density at radius 1 is 1.62 bits per heavy atom. The molecule has 0 amide bonds. The zero-order valence-corrected chi connectivity index (χ0v) is 10.1. The molecule has 0 aromatic carbocycles. The minimum absolute atomic E-state index is 0.604. The minimum Gasteiger partial charge on any atom is -0.341 e. The summed E-state index contributed by atoms with van der Waals surface area (Å²) in [5.41, 5.74) is 9.38. The molecule has 0 saturated heterocycles. The lowest BCUT2D eigenvalue weighted by Crippen LogP contribution is -1.92. The summed E-state index contributed by atoms with van der Waals surface area (Å²) in [7, 11) is 0. The molecule has 2 aromatic rings. The number of nitrogens with one attached hydrogen (secondary N) is 1. The number of rotatable bonds is 2. The quantitative estimate of drug-likeness (QED) is 0.837. The second-order valence-electron chi connectivity index (χ2n) is 4.41. The third kappa shape index (κ3) is 1.49. The Hall–Kier alpha value is -1.13. The van der Waals surface area contributed by atoms with Crippen LogP contribution in [-0.4, -0.2) is 9.97 Å². The summed E-state index contributed by atoms with van der Waals surface area (Å²) >= 11 is 1.71. The largest absolute Gasteiger partial charge is 0.341 e. The molecular weight excluding hydrogens is 218 g/mol. The van der Waals surface area contributed by atoms with E-state index in [0.717, 1.165) is 12.2 Å². The maximum absolute atomic E-state index is 5.61. The molecule has 0 saturated carbocycles. The monoisotopic (exact) mass is 233 g/mol. The van der Waals surface area contributed by atoms with Gasteiger partial charge in [-0.15, -0.1) is 11.3 Å². The molecule has 3 N–H and O–H groups in total. The molecule has 2 heterocycles. The molecule has 2 aromatic heterocycles. The summed E-state index contributed by atoms with van der Waals surface area (Å²) in [5.74, 6) is 1.62. The first-order valence-electron chi connectivity index (χ1n) is 5.64. The Balaban J connectivity index is 1.98. The minimum atomic E-state index is 0.604. The van der Waals surface area contributed by atoms with Gasteiger partial charge in [-0.3, -0.25) is 0 Å². The first-order valence-corrected chi connectivity index (χ1v) is 6.52. The molecule has 1 aliphatic rings. The van der Waals surface area contributed by atoms with Crippen LogP contribution in [0.3, 0.4) is 0 Å². The molecule has 0 fully saturated rings. The number of hydrogen-bond donors (Lipinski definition) is 2. The first kappa shape index (κ1) is 10.1. The van der Waals surface area contributed by atoms with Gasteiger partial charge in [-0.05, 0) is 29.9 Å². The number of aromatic amines is 1. The van der Waals surface area contributed by atoms with Crippen molar-refractivity contribution in [3.8, 4) is 10.7 Å². The van der Waals surface area contributed by atoms with Crippen molar-refractivity contribution in [1.82, 2.24) is 9.97 Å². The van der Waals surface area contributed by atoms with Crippen LogP contribution in [0.5, 0.6) is 0 Å². The zero-order chi connectivity index (χ0) is 11.1. The predicted molar refractivity (Wildman–Crippen MR) is 66.5 cm³/mol. The third-order valence-corrected chi connectivity index (χ3v) is 4.21. The van der Waals surface area contributed by atoms with E-state index >= 15 is 0 Å². The molecule has 1 aliphatic carbocycles. The lowest BCUT2D eigenvalue weighted by molar-refractivity contribution is 0.726. The molecule has 1 unspecified atom stereocenters. The van der Waals surface area contributed by atoms with E-state index in [0.29, 0.717) is 12.5 Å². The van der Waals surface area contributed by atoms with Gasteiger partial charge in [0.2, 0.25) is 0 Å². The molecule has 0 aliphatic heterocycles. The highest BCUT2D eigenvalue weighted by atomic mass is 32.1. The number of thiophene rings is 1. The van der Waals surface area contributed by atoms with Gasteiger partial charge in [0.25, 0.3) is 0 Å². The fourth-order valence-corrected chi connectivity index (χ4v) is 3.11. The van der Waals surface area contributed by atoms with Crippen LogP contribution in [-0.2, 0) is 13.0 Å². The molecule has 84 valence electrons. The molecule has 0 radical (unpaired) electrons. The summed E-state index contributed by atoms with van der Waals surface area (Å²) in [6.45, 7) is 2.85. The van der Waals surface area contributed by atoms with E-state index in [4.69, 9.17) is 10.7 Å². The fraction of sp³-hybridized carbons (Fsp3) is 0.417. The number of aryl methyl sites for hydroxylation is 1. The highest BCUT2D eigenvalue weighted by Gasteiger charge is 2.23. The maximum Gasteiger partial charge on any atom is 0.147 e. The van der Waals surface area contributed by atoms with Crippen LogP contribution in [0.1, 0.15) is 36.2 Å². The second-order valence-corrected chi connectivity index (χ2v) is 5.32. The summed E-state index contributed by atoms with van der Waals surface area (Å²) in [6.07, 6.45) is 2.37. The number of nitrogens with two attached hydrogens (primary N) is 1. The molecular formula is C12H15N3S. The van der Waals surface area contributed by atoms with Gasteiger partial charge in [-0.2, -0.15) is 0 Å². The van der Waals surface area contributed by atoms with E-state index in [1.54, 1.807) is 11.3 Å². The van der Waals surface area contributed by atoms with Gasteiger partial charge in [0, 0.05) is 18.2 Å². The van der Waals surface area contributed by atoms with Crippen molar-refractivity contribution in [2.75, 3.05) is 0 Å². The second kappa shape index (κ2) is 3.71. The van der Waals surface area contributed by atoms with Gasteiger partial charge in [0.1, 0.15) is 5.82 Å². The van der Waals surface area contributed by atoms with Crippen molar-refractivity contribution >= 4 is 11.3 Å². The Kier molecular flexibility index (Phi) is 2.33. The van der Waals surface area contributed by atoms with Crippen LogP contribution in [0.15, 0.2) is 11.4 Å². The van der Waals surface area contributed by atoms with Gasteiger partial charge in [0.15, 0.2) is 0 Å². The third-order valence-electron chi connectivity index (χ3n) is 3.23. The van der Waals surface area contributed by atoms with Crippen molar-refractivity contribution in [3.05, 3.63) is 28.4 Å². The van der Waals surface area contributed by atoms with Gasteiger partial charge in [-0.25, -0.2) is 4.98 Å². The van der Waals surface area contributed by atoms with Crippen LogP contribution < -0.4 is 5.73 Å². The molecule has 4 heteroatoms. The van der Waals surface area contributed by atoms with E-state index in [2.05, 4.69) is 23.4 Å². The average molecular weight is 233 g/mol. The van der Waals surface area contributed by atoms with E-state index in [1.807, 2.05) is 0 Å². The normalized spacial score (nSPS) is 19.0. The van der Waals surface area contributed by atoms with Crippen molar-refractivity contribution in [1.29, 1.82) is 0 Å². The van der Waals surface area contributed by atoms with E-state index in [9.17, 15) is 0 Å². The standard InChI is InChI=1S/C12H15N3S/c1-7-2-3-9-11(7)15-12(14-9)10-4-8(5-13)6-16-10/h4,6-7H,2-3,5,13H2,1H3,(H,14,15). The number of aromatic nitrogens is 2. The molecule has 3 nitrogen and oxygen atoms in total. The van der Waals surface area contributed by atoms with Crippen LogP contribution in [0.25, 0.3) is 10.7 Å². The van der Waals surface area contributed by atoms with Crippen LogP contribution in [0.4, 0.5) is 0 Å². The summed E-state index contributed by atoms with van der Waals surface area (Å²) in [6, 6.07) is 2.13. The van der Waals surface area contributed by atoms with E-state index in [1.165, 1.54) is 28.2 Å². The molecule has 0 bridgehead atoms. The van der Waals surface area contributed by atoms with Crippen molar-refractivity contribution in [2.45, 2.75) is 32.2 Å². The van der Waals surface area contributed by atoms with Gasteiger partial charge < -0.3 is 10.7 Å². The van der Waals surface area contributed by atoms with Crippen molar-refractivity contribution in [3.63, 3.8) is 0 Å². The summed E-state index contributed by atoms with van der Waals surface area (Å²) in [4.78, 5) is 9.34. The Morgan fingerprint density at radius 2 is 2.50 bits per heavy atom. The lowest BCUT2D eigenvalue weighted by Gasteiger charge is -1.97. The predicted octanol–water partition coefficient (Wildman–Crippen LogP) is 2.65. The smallest absolute Gasteiger partial charge is 0.147 e. The average Bonchev–Trinajstić information content (AvgIpc) is 2.95. The molecule has 16 heavy (non-hydrogen) atoms. The topological polar surface area (TPSA) is 54.7 Å². The summed E-state index contributed by atoms with van der Waals surface area (Å²) in [5, 5.41) is 2.10. The summed E-state index contributed by atoms with van der Waals surface area (Å²) < 4.78 is 0. The van der Waals surface area contributed by atoms with Gasteiger partial charge >= 0.3 is 0 Å². The number of nitrogens with zero attached hydrogens (tertiary/aromatic N) is 1. The van der Waals surface area contributed by atoms with Crippen LogP contribution in [0, 0.1) is 0 Å². The van der Waals surface area contributed by atoms with Crippen molar-refractivity contribution < 1.29 is 0 Å². The zero-order valence-electron chi connectivity index (χ0n) is 9.29. The van der Waals surface area contributed by atoms with Crippen LogP contribution in [0.2, 0.25) is 0 Å². The highest BCUT2D eigenvalue weighted by molar-refractivity contribution is 7.13. The number of hydrogen-bond acceptors (Lipinski definition) is 3. The SMILES string of the molecule is CC1CCc2[nH]c(-c3cc(CN)cs3)nc21. The number of imidazole rings is 1. The molecule has 1 atom stereocenters. The van der Waals surface area contributed by atoms with Crippen molar-refractivity contribution in [2.24, 2.45) is 5.73 Å². The Bertz CT molecular complexity index is 512. The van der Waals surface area contributed by atoms with Gasteiger partial charge in [-0.1, -0.05) is 6.92 Å². The number of fused-ring (bicyclic) bond motifs is 1. The highest BCUT2D eigenvalue weighted by Crippen LogP contribution is 2.34. The Morgan fingerprint density at radius 3 is 3.19 bits per heavy atom. The lowest BCUT2D eigenvalue weighted by atomic mass is 10.1. The van der Waals surface area contributed by atoms with Crippen LogP contribution >= 0.6 is 11.3 Å². The van der Waals surface area contributed by atoms with E-state index < -0.39 is 0 Å². The fourth-order valence-electron chi connectivity index (χ4n) is 2.24. The van der Waals surface area contributed by atoms with E-state index in [-0.39, 0.29) is 0 Å². The van der Waals surface area contributed by atoms with Gasteiger partial charge in [0.05, 0.1) is 10.6 Å². The maximum atomic E-state index is 5.61.